The van der Waals surface area contributed by atoms with E-state index in [1.807, 2.05) is 30.3 Å². The van der Waals surface area contributed by atoms with Gasteiger partial charge in [0.2, 0.25) is 5.91 Å². The van der Waals surface area contributed by atoms with Crippen LogP contribution in [0.25, 0.3) is 10.9 Å². The lowest BCUT2D eigenvalue weighted by molar-refractivity contribution is -0.113. The number of carbonyl (C=O) groups is 3. The van der Waals surface area contributed by atoms with Crippen molar-refractivity contribution in [3.63, 3.8) is 0 Å². The number of aromatic nitrogens is 1. The van der Waals surface area contributed by atoms with Crippen molar-refractivity contribution >= 4 is 56.8 Å². The lowest BCUT2D eigenvalue weighted by Crippen LogP contribution is -2.18. The van der Waals surface area contributed by atoms with Gasteiger partial charge >= 0.3 is 5.97 Å². The monoisotopic (exact) mass is 443 g/mol. The molecule has 0 atom stereocenters. The highest BCUT2D eigenvalue weighted by atomic mass is 32.2. The molecule has 2 amide bonds. The number of fused-ring (bicyclic) bond motifs is 1. The summed E-state index contributed by atoms with van der Waals surface area (Å²) < 4.78 is 5.11. The van der Waals surface area contributed by atoms with E-state index >= 15 is 0 Å². The van der Waals surface area contributed by atoms with E-state index in [0.717, 1.165) is 27.1 Å². The average Bonchev–Trinajstić information content (AvgIpc) is 3.07. The molecule has 0 saturated carbocycles. The van der Waals surface area contributed by atoms with Crippen LogP contribution < -0.4 is 10.6 Å². The van der Waals surface area contributed by atoms with Crippen LogP contribution in [-0.2, 0) is 9.53 Å². The van der Waals surface area contributed by atoms with Crippen LogP contribution in [0, 0.1) is 6.92 Å². The largest absolute Gasteiger partial charge is 0.462 e. The zero-order valence-corrected chi connectivity index (χ0v) is 18.4. The number of rotatable bonds is 7. The van der Waals surface area contributed by atoms with Crippen LogP contribution in [0.1, 0.15) is 32.5 Å². The third kappa shape index (κ3) is 4.63. The molecule has 2 aromatic heterocycles. The average molecular weight is 444 g/mol. The minimum absolute atomic E-state index is 0.141. The number of esters is 1. The SMILES string of the molecule is CCOC(=O)c1c(NC(=O)CSc2ccnc3ccccc23)sc(C(=O)NC)c1C. The predicted octanol–water partition coefficient (Wildman–Crippen LogP) is 3.87. The van der Waals surface area contributed by atoms with Crippen LogP contribution in [-0.4, -0.2) is 42.2 Å². The number of para-hydroxylation sites is 1. The first-order chi connectivity index (χ1) is 14.5. The molecule has 3 rings (SSSR count). The summed E-state index contributed by atoms with van der Waals surface area (Å²) in [6.07, 6.45) is 1.71. The van der Waals surface area contributed by atoms with Crippen molar-refractivity contribution in [1.29, 1.82) is 0 Å². The standard InChI is InChI=1S/C21H21N3O4S2/c1-4-28-21(27)17-12(2)18(19(26)22-3)30-20(17)24-16(25)11-29-15-9-10-23-14-8-6-5-7-13(14)15/h5-10H,4,11H2,1-3H3,(H,22,26)(H,24,25). The van der Waals surface area contributed by atoms with E-state index in [0.29, 0.717) is 15.4 Å². The molecule has 0 saturated heterocycles. The summed E-state index contributed by atoms with van der Waals surface area (Å²) in [5.41, 5.74) is 1.56. The number of anilines is 1. The quantitative estimate of drug-likeness (QED) is 0.425. The summed E-state index contributed by atoms with van der Waals surface area (Å²) >= 11 is 2.44. The number of thioether (sulfide) groups is 1. The summed E-state index contributed by atoms with van der Waals surface area (Å²) in [6.45, 7) is 3.57. The lowest BCUT2D eigenvalue weighted by Gasteiger charge is -2.08. The number of pyridine rings is 1. The van der Waals surface area contributed by atoms with Crippen molar-refractivity contribution in [2.45, 2.75) is 18.7 Å². The van der Waals surface area contributed by atoms with Gasteiger partial charge in [0.1, 0.15) is 5.00 Å². The molecule has 9 heteroatoms. The zero-order chi connectivity index (χ0) is 21.7. The van der Waals surface area contributed by atoms with Crippen molar-refractivity contribution in [2.75, 3.05) is 24.7 Å². The number of thiophene rings is 1. The molecule has 30 heavy (non-hydrogen) atoms. The molecular formula is C21H21N3O4S2. The Morgan fingerprint density at radius 2 is 1.97 bits per heavy atom. The van der Waals surface area contributed by atoms with Crippen molar-refractivity contribution < 1.29 is 19.1 Å². The molecule has 2 N–H and O–H groups in total. The van der Waals surface area contributed by atoms with Crippen molar-refractivity contribution in [3.05, 3.63) is 52.5 Å². The van der Waals surface area contributed by atoms with E-state index in [2.05, 4.69) is 15.6 Å². The topological polar surface area (TPSA) is 97.4 Å². The smallest absolute Gasteiger partial charge is 0.341 e. The van der Waals surface area contributed by atoms with Crippen LogP contribution in [0.15, 0.2) is 41.4 Å². The van der Waals surface area contributed by atoms with Crippen molar-refractivity contribution in [3.8, 4) is 0 Å². The molecule has 0 aliphatic heterocycles. The van der Waals surface area contributed by atoms with E-state index in [1.54, 1.807) is 20.0 Å². The Morgan fingerprint density at radius 1 is 1.20 bits per heavy atom. The number of amides is 2. The highest BCUT2D eigenvalue weighted by Gasteiger charge is 2.26. The van der Waals surface area contributed by atoms with E-state index in [9.17, 15) is 14.4 Å². The van der Waals surface area contributed by atoms with Gasteiger partial charge in [0.05, 0.1) is 28.3 Å². The van der Waals surface area contributed by atoms with E-state index in [1.165, 1.54) is 18.8 Å². The second-order valence-corrected chi connectivity index (χ2v) is 8.26. The maximum Gasteiger partial charge on any atom is 0.341 e. The maximum absolute atomic E-state index is 12.6. The van der Waals surface area contributed by atoms with Crippen LogP contribution in [0.5, 0.6) is 0 Å². The number of nitrogens with one attached hydrogen (secondary N) is 2. The van der Waals surface area contributed by atoms with E-state index < -0.39 is 5.97 Å². The second kappa shape index (κ2) is 9.73. The van der Waals surface area contributed by atoms with Gasteiger partial charge < -0.3 is 15.4 Å². The lowest BCUT2D eigenvalue weighted by atomic mass is 10.1. The molecule has 0 spiro atoms. The van der Waals surface area contributed by atoms with Gasteiger partial charge in [-0.3, -0.25) is 14.6 Å². The fraction of sp³-hybridized carbons (Fsp3) is 0.238. The first-order valence-electron chi connectivity index (χ1n) is 9.25. The van der Waals surface area contributed by atoms with Gasteiger partial charge in [0.15, 0.2) is 0 Å². The Kier molecular flexibility index (Phi) is 7.07. The molecule has 0 fully saturated rings. The van der Waals surface area contributed by atoms with Gasteiger partial charge in [-0.25, -0.2) is 4.79 Å². The van der Waals surface area contributed by atoms with Crippen LogP contribution >= 0.6 is 23.1 Å². The Bertz CT molecular complexity index is 1110. The predicted molar refractivity (Wildman–Crippen MR) is 119 cm³/mol. The van der Waals surface area contributed by atoms with Gasteiger partial charge in [-0.2, -0.15) is 0 Å². The minimum Gasteiger partial charge on any atom is -0.462 e. The van der Waals surface area contributed by atoms with Gasteiger partial charge in [0, 0.05) is 23.5 Å². The Hall–Kier alpha value is -2.91. The number of benzene rings is 1. The third-order valence-corrected chi connectivity index (χ3v) is 6.56. The third-order valence-electron chi connectivity index (χ3n) is 4.28. The first kappa shape index (κ1) is 21.8. The number of nitrogens with zero attached hydrogens (tertiary/aromatic N) is 1. The molecular weight excluding hydrogens is 422 g/mol. The normalized spacial score (nSPS) is 10.6. The summed E-state index contributed by atoms with van der Waals surface area (Å²) in [6, 6.07) is 9.58. The molecule has 0 aliphatic rings. The molecule has 7 nitrogen and oxygen atoms in total. The Labute approximate surface area is 182 Å². The van der Waals surface area contributed by atoms with Crippen molar-refractivity contribution in [1.82, 2.24) is 10.3 Å². The Balaban J connectivity index is 1.80. The van der Waals surface area contributed by atoms with Crippen molar-refractivity contribution in [2.24, 2.45) is 0 Å². The zero-order valence-electron chi connectivity index (χ0n) is 16.8. The summed E-state index contributed by atoms with van der Waals surface area (Å²) in [5, 5.41) is 6.60. The number of ether oxygens (including phenoxy) is 1. The molecule has 1 aromatic carbocycles. The number of hydrogen-bond donors (Lipinski definition) is 2. The molecule has 2 heterocycles. The highest BCUT2D eigenvalue weighted by molar-refractivity contribution is 8.00. The van der Waals surface area contributed by atoms with Crippen LogP contribution in [0.2, 0.25) is 0 Å². The van der Waals surface area contributed by atoms with Gasteiger partial charge in [-0.15, -0.1) is 23.1 Å². The number of carbonyl (C=O) groups excluding carboxylic acids is 3. The van der Waals surface area contributed by atoms with E-state index in [-0.39, 0.29) is 29.7 Å². The molecule has 0 aliphatic carbocycles. The molecule has 3 aromatic rings. The summed E-state index contributed by atoms with van der Waals surface area (Å²) in [5.74, 6) is -1.02. The second-order valence-electron chi connectivity index (χ2n) is 6.22. The highest BCUT2D eigenvalue weighted by Crippen LogP contribution is 2.34. The molecule has 0 unspecified atom stereocenters. The van der Waals surface area contributed by atoms with Crippen LogP contribution in [0.4, 0.5) is 5.00 Å². The molecule has 156 valence electrons. The van der Waals surface area contributed by atoms with Gasteiger partial charge in [-0.1, -0.05) is 18.2 Å². The maximum atomic E-state index is 12.6. The van der Waals surface area contributed by atoms with E-state index in [4.69, 9.17) is 4.74 Å². The number of hydrogen-bond acceptors (Lipinski definition) is 7. The molecule has 0 bridgehead atoms. The van der Waals surface area contributed by atoms with Gasteiger partial charge in [-0.05, 0) is 31.5 Å². The van der Waals surface area contributed by atoms with Gasteiger partial charge in [0.25, 0.3) is 5.91 Å². The molecule has 0 radical (unpaired) electrons. The van der Waals surface area contributed by atoms with Crippen LogP contribution in [0.3, 0.4) is 0 Å². The fourth-order valence-electron chi connectivity index (χ4n) is 2.88. The Morgan fingerprint density at radius 3 is 2.70 bits per heavy atom. The fourth-order valence-corrected chi connectivity index (χ4v) is 4.88. The minimum atomic E-state index is -0.565. The summed E-state index contributed by atoms with van der Waals surface area (Å²) in [7, 11) is 1.51. The first-order valence-corrected chi connectivity index (χ1v) is 11.1. The summed E-state index contributed by atoms with van der Waals surface area (Å²) in [4.78, 5) is 42.8.